The zero-order chi connectivity index (χ0) is 20.0. The van der Waals surface area contributed by atoms with E-state index in [2.05, 4.69) is 16.8 Å². The Hall–Kier alpha value is -2.59. The number of hydrogen-bond donors (Lipinski definition) is 1. The van der Waals surface area contributed by atoms with E-state index in [-0.39, 0.29) is 24.1 Å². The van der Waals surface area contributed by atoms with Crippen molar-refractivity contribution in [3.8, 4) is 6.07 Å². The van der Waals surface area contributed by atoms with Gasteiger partial charge in [0, 0.05) is 31.6 Å². The fourth-order valence-electron chi connectivity index (χ4n) is 3.58. The van der Waals surface area contributed by atoms with Crippen LogP contribution in [-0.4, -0.2) is 54.6 Å². The van der Waals surface area contributed by atoms with Gasteiger partial charge in [0.05, 0.1) is 19.2 Å². The summed E-state index contributed by atoms with van der Waals surface area (Å²) in [6, 6.07) is 4.04. The van der Waals surface area contributed by atoms with E-state index in [0.717, 1.165) is 42.9 Å². The molecule has 7 nitrogen and oxygen atoms in total. The molecule has 27 heavy (non-hydrogen) atoms. The van der Waals surface area contributed by atoms with Crippen LogP contribution in [0.25, 0.3) is 6.08 Å². The lowest BCUT2D eigenvalue weighted by Crippen LogP contribution is -2.39. The van der Waals surface area contributed by atoms with Crippen LogP contribution < -0.4 is 5.32 Å². The molecule has 1 saturated heterocycles. The SMILES string of the molecule is COCC(C)n1c(C)cc(/C=C(\C#N)C(=O)NCC(=O)N2CCCC2)c1C. The highest BCUT2D eigenvalue weighted by atomic mass is 16.5. The quantitative estimate of drug-likeness (QED) is 0.585. The van der Waals surface area contributed by atoms with Gasteiger partial charge >= 0.3 is 0 Å². The normalized spacial score (nSPS) is 15.5. The van der Waals surface area contributed by atoms with Gasteiger partial charge in [-0.15, -0.1) is 0 Å². The van der Waals surface area contributed by atoms with Crippen LogP contribution in [0.4, 0.5) is 0 Å². The molecule has 7 heteroatoms. The second-order valence-corrected chi connectivity index (χ2v) is 6.94. The monoisotopic (exact) mass is 372 g/mol. The molecule has 1 unspecified atom stereocenters. The summed E-state index contributed by atoms with van der Waals surface area (Å²) in [6.45, 7) is 7.96. The molecule has 1 aliphatic rings. The third kappa shape index (κ3) is 4.98. The summed E-state index contributed by atoms with van der Waals surface area (Å²) < 4.78 is 7.35. The Balaban J connectivity index is 2.11. The van der Waals surface area contributed by atoms with E-state index >= 15 is 0 Å². The molecule has 0 aliphatic carbocycles. The van der Waals surface area contributed by atoms with Crippen molar-refractivity contribution < 1.29 is 14.3 Å². The molecule has 0 saturated carbocycles. The van der Waals surface area contributed by atoms with Crippen LogP contribution in [-0.2, 0) is 14.3 Å². The van der Waals surface area contributed by atoms with Gasteiger partial charge in [0.1, 0.15) is 11.6 Å². The molecule has 1 atom stereocenters. The van der Waals surface area contributed by atoms with Crippen LogP contribution >= 0.6 is 0 Å². The van der Waals surface area contributed by atoms with Gasteiger partial charge in [-0.2, -0.15) is 5.26 Å². The van der Waals surface area contributed by atoms with Gasteiger partial charge in [-0.1, -0.05) is 0 Å². The third-order valence-corrected chi connectivity index (χ3v) is 4.90. The molecule has 1 N–H and O–H groups in total. The van der Waals surface area contributed by atoms with Gasteiger partial charge in [-0.3, -0.25) is 9.59 Å². The van der Waals surface area contributed by atoms with Crippen LogP contribution in [0.1, 0.15) is 42.8 Å². The van der Waals surface area contributed by atoms with Crippen molar-refractivity contribution in [1.29, 1.82) is 5.26 Å². The summed E-state index contributed by atoms with van der Waals surface area (Å²) in [4.78, 5) is 26.1. The highest BCUT2D eigenvalue weighted by Crippen LogP contribution is 2.22. The number of carbonyl (C=O) groups is 2. The number of hydrogen-bond acceptors (Lipinski definition) is 4. The van der Waals surface area contributed by atoms with E-state index in [9.17, 15) is 14.9 Å². The van der Waals surface area contributed by atoms with E-state index in [1.165, 1.54) is 0 Å². The number of nitrogens with zero attached hydrogens (tertiary/aromatic N) is 3. The van der Waals surface area contributed by atoms with Crippen LogP contribution in [0, 0.1) is 25.2 Å². The largest absolute Gasteiger partial charge is 0.383 e. The van der Waals surface area contributed by atoms with Gasteiger partial charge in [0.15, 0.2) is 0 Å². The number of carbonyl (C=O) groups excluding carboxylic acids is 2. The standard InChI is InChI=1S/C20H28N4O3/c1-14-9-17(16(3)24(14)15(2)13-27-4)10-18(11-21)20(26)22-12-19(25)23-7-5-6-8-23/h9-10,15H,5-8,12-13H2,1-4H3,(H,22,26)/b18-10+. The summed E-state index contributed by atoms with van der Waals surface area (Å²) in [5.41, 5.74) is 2.80. The molecule has 1 aliphatic heterocycles. The van der Waals surface area contributed by atoms with E-state index in [1.807, 2.05) is 26.0 Å². The van der Waals surface area contributed by atoms with Gasteiger partial charge in [0.25, 0.3) is 5.91 Å². The second kappa shape index (κ2) is 9.38. The van der Waals surface area contributed by atoms with Crippen molar-refractivity contribution in [1.82, 2.24) is 14.8 Å². The predicted molar refractivity (Wildman–Crippen MR) is 103 cm³/mol. The highest BCUT2D eigenvalue weighted by molar-refractivity contribution is 6.03. The maximum Gasteiger partial charge on any atom is 0.262 e. The number of nitriles is 1. The Morgan fingerprint density at radius 2 is 2.04 bits per heavy atom. The van der Waals surface area contributed by atoms with Crippen molar-refractivity contribution >= 4 is 17.9 Å². The molecule has 0 spiro atoms. The lowest BCUT2D eigenvalue weighted by atomic mass is 10.1. The Morgan fingerprint density at radius 1 is 1.37 bits per heavy atom. The fraction of sp³-hybridized carbons (Fsp3) is 0.550. The first kappa shape index (κ1) is 20.7. The summed E-state index contributed by atoms with van der Waals surface area (Å²) in [5.74, 6) is -0.635. The highest BCUT2D eigenvalue weighted by Gasteiger charge is 2.20. The lowest BCUT2D eigenvalue weighted by Gasteiger charge is -2.17. The predicted octanol–water partition coefficient (Wildman–Crippen LogP) is 1.96. The molecule has 0 aromatic carbocycles. The Morgan fingerprint density at radius 3 is 2.63 bits per heavy atom. The number of ether oxygens (including phenoxy) is 1. The topological polar surface area (TPSA) is 87.4 Å². The molecular formula is C20H28N4O3. The van der Waals surface area contributed by atoms with Crippen molar-refractivity contribution in [2.45, 2.75) is 39.7 Å². The number of amides is 2. The zero-order valence-corrected chi connectivity index (χ0v) is 16.5. The van der Waals surface area contributed by atoms with E-state index in [1.54, 1.807) is 18.1 Å². The lowest BCUT2D eigenvalue weighted by molar-refractivity contribution is -0.131. The van der Waals surface area contributed by atoms with Gasteiger partial charge in [-0.25, -0.2) is 0 Å². The van der Waals surface area contributed by atoms with Crippen LogP contribution in [0.2, 0.25) is 0 Å². The molecule has 1 aromatic rings. The van der Waals surface area contributed by atoms with Crippen molar-refractivity contribution in [3.63, 3.8) is 0 Å². The van der Waals surface area contributed by atoms with Gasteiger partial charge in [-0.05, 0) is 51.3 Å². The first-order valence-electron chi connectivity index (χ1n) is 9.24. The molecule has 0 radical (unpaired) electrons. The van der Waals surface area contributed by atoms with Crippen molar-refractivity contribution in [2.75, 3.05) is 33.4 Å². The second-order valence-electron chi connectivity index (χ2n) is 6.94. The molecular weight excluding hydrogens is 344 g/mol. The molecule has 146 valence electrons. The molecule has 2 amide bonds. The Kier molecular flexibility index (Phi) is 7.19. The van der Waals surface area contributed by atoms with Crippen LogP contribution in [0.5, 0.6) is 0 Å². The minimum Gasteiger partial charge on any atom is -0.383 e. The number of methoxy groups -OCH3 is 1. The Labute approximate surface area is 160 Å². The maximum atomic E-state index is 12.3. The van der Waals surface area contributed by atoms with Gasteiger partial charge in [0.2, 0.25) is 5.91 Å². The molecule has 2 rings (SSSR count). The van der Waals surface area contributed by atoms with E-state index in [4.69, 9.17) is 4.74 Å². The number of aromatic nitrogens is 1. The third-order valence-electron chi connectivity index (χ3n) is 4.90. The molecule has 1 fully saturated rings. The minimum absolute atomic E-state index is 0.0103. The van der Waals surface area contributed by atoms with E-state index in [0.29, 0.717) is 6.61 Å². The number of nitrogens with one attached hydrogen (secondary N) is 1. The number of aryl methyl sites for hydroxylation is 1. The smallest absolute Gasteiger partial charge is 0.262 e. The van der Waals surface area contributed by atoms with Crippen LogP contribution in [0.15, 0.2) is 11.6 Å². The summed E-state index contributed by atoms with van der Waals surface area (Å²) in [7, 11) is 1.66. The molecule has 1 aromatic heterocycles. The number of likely N-dealkylation sites (tertiary alicyclic amines) is 1. The fourth-order valence-corrected chi connectivity index (χ4v) is 3.58. The molecule has 2 heterocycles. The van der Waals surface area contributed by atoms with Crippen molar-refractivity contribution in [3.05, 3.63) is 28.6 Å². The van der Waals surface area contributed by atoms with Crippen molar-refractivity contribution in [2.24, 2.45) is 0 Å². The van der Waals surface area contributed by atoms with E-state index < -0.39 is 5.91 Å². The maximum absolute atomic E-state index is 12.3. The Bertz CT molecular complexity index is 767. The number of rotatable bonds is 7. The van der Waals surface area contributed by atoms with Crippen LogP contribution in [0.3, 0.4) is 0 Å². The minimum atomic E-state index is -0.528. The first-order chi connectivity index (χ1) is 12.9. The van der Waals surface area contributed by atoms with Gasteiger partial charge < -0.3 is 19.5 Å². The molecule has 0 bridgehead atoms. The zero-order valence-electron chi connectivity index (χ0n) is 16.5. The summed E-state index contributed by atoms with van der Waals surface area (Å²) in [6.07, 6.45) is 3.58. The summed E-state index contributed by atoms with van der Waals surface area (Å²) >= 11 is 0. The average molecular weight is 372 g/mol. The summed E-state index contributed by atoms with van der Waals surface area (Å²) in [5, 5.41) is 12.0. The first-order valence-corrected chi connectivity index (χ1v) is 9.24. The average Bonchev–Trinajstić information content (AvgIpc) is 3.26.